The number of carbonyl (C=O) groups excluding carboxylic acids is 1. The highest BCUT2D eigenvalue weighted by Gasteiger charge is 2.33. The largest absolute Gasteiger partial charge is 0.380 e. The second kappa shape index (κ2) is 9.96. The zero-order valence-electron chi connectivity index (χ0n) is 22.1. The molecular formula is C29H34N4O4S. The molecule has 3 aliphatic heterocycles. The molecular weight excluding hydrogens is 500 g/mol. The summed E-state index contributed by atoms with van der Waals surface area (Å²) in [5.74, 6) is -0.152. The maximum absolute atomic E-state index is 13.7. The number of benzene rings is 2. The number of fused-ring (bicyclic) bond motifs is 3. The number of ether oxygens (including phenoxy) is 2. The molecule has 0 N–H and O–H groups in total. The predicted octanol–water partition coefficient (Wildman–Crippen LogP) is 3.23. The number of nitrogens with zero attached hydrogens (tertiary/aromatic N) is 4. The van der Waals surface area contributed by atoms with Gasteiger partial charge in [-0.05, 0) is 37.1 Å². The molecule has 2 aromatic carbocycles. The highest BCUT2D eigenvalue weighted by molar-refractivity contribution is 8.01. The standard InChI is InChI=1S/C29H34N4O4S/c1-20(32-13-12-23(18-32)36-2)21-8-10-22(11-9-21)33-28-24-6-4-5-7-26(24)38(3,35)19-25(28)27(30-33)29(34)31-14-16-37-17-15-31/h4-11,19-20,23H,12-18H2,1-3H3. The van der Waals surface area contributed by atoms with E-state index in [1.807, 2.05) is 28.9 Å². The molecule has 200 valence electrons. The van der Waals surface area contributed by atoms with Gasteiger partial charge in [0.1, 0.15) is 0 Å². The Labute approximate surface area is 224 Å². The molecule has 3 unspecified atom stereocenters. The second-order valence-electron chi connectivity index (χ2n) is 10.4. The molecule has 6 rings (SSSR count). The monoisotopic (exact) mass is 534 g/mol. The Balaban J connectivity index is 1.43. The molecule has 2 fully saturated rings. The van der Waals surface area contributed by atoms with Gasteiger partial charge in [0, 0.05) is 76.5 Å². The van der Waals surface area contributed by atoms with E-state index in [4.69, 9.17) is 14.6 Å². The van der Waals surface area contributed by atoms with Crippen LogP contribution in [-0.4, -0.2) is 93.9 Å². The fraction of sp³-hybridized carbons (Fsp3) is 0.414. The third-order valence-corrected chi connectivity index (χ3v) is 9.94. The van der Waals surface area contributed by atoms with Crippen molar-refractivity contribution in [1.82, 2.24) is 19.6 Å². The average Bonchev–Trinajstić information content (AvgIpc) is 3.58. The van der Waals surface area contributed by atoms with Crippen molar-refractivity contribution in [2.75, 3.05) is 52.8 Å². The Morgan fingerprint density at radius 3 is 2.55 bits per heavy atom. The summed E-state index contributed by atoms with van der Waals surface area (Å²) in [6.45, 7) is 6.23. The minimum absolute atomic E-state index is 0.152. The van der Waals surface area contributed by atoms with Gasteiger partial charge < -0.3 is 14.4 Å². The highest BCUT2D eigenvalue weighted by Crippen LogP contribution is 2.38. The van der Waals surface area contributed by atoms with Gasteiger partial charge in [0.15, 0.2) is 5.69 Å². The molecule has 3 aliphatic rings. The van der Waals surface area contributed by atoms with Crippen LogP contribution in [0.3, 0.4) is 0 Å². The maximum atomic E-state index is 13.7. The van der Waals surface area contributed by atoms with Crippen LogP contribution >= 0.6 is 0 Å². The molecule has 0 spiro atoms. The van der Waals surface area contributed by atoms with Crippen molar-refractivity contribution in [2.45, 2.75) is 30.4 Å². The number of carbonyl (C=O) groups is 1. The predicted molar refractivity (Wildman–Crippen MR) is 149 cm³/mol. The lowest BCUT2D eigenvalue weighted by atomic mass is 10.0. The zero-order chi connectivity index (χ0) is 26.4. The van der Waals surface area contributed by atoms with Crippen molar-refractivity contribution in [3.63, 3.8) is 0 Å². The van der Waals surface area contributed by atoms with Gasteiger partial charge in [0.05, 0.1) is 30.7 Å². The topological polar surface area (TPSA) is 76.9 Å². The Morgan fingerprint density at radius 1 is 1.11 bits per heavy atom. The van der Waals surface area contributed by atoms with Gasteiger partial charge in [0.25, 0.3) is 5.91 Å². The first-order valence-electron chi connectivity index (χ1n) is 13.2. The van der Waals surface area contributed by atoms with Gasteiger partial charge in [-0.25, -0.2) is 4.68 Å². The van der Waals surface area contributed by atoms with Crippen molar-refractivity contribution in [1.29, 1.82) is 0 Å². The number of methoxy groups -OCH3 is 1. The van der Waals surface area contributed by atoms with E-state index >= 15 is 0 Å². The molecule has 4 heterocycles. The Morgan fingerprint density at radius 2 is 1.84 bits per heavy atom. The number of aromatic nitrogens is 2. The molecule has 3 atom stereocenters. The van der Waals surface area contributed by atoms with E-state index in [1.54, 1.807) is 23.6 Å². The van der Waals surface area contributed by atoms with Crippen molar-refractivity contribution in [2.24, 2.45) is 0 Å². The summed E-state index contributed by atoms with van der Waals surface area (Å²) < 4.78 is 26.6. The van der Waals surface area contributed by atoms with Crippen molar-refractivity contribution >= 4 is 20.8 Å². The minimum atomic E-state index is -2.48. The molecule has 0 radical (unpaired) electrons. The van der Waals surface area contributed by atoms with Crippen LogP contribution < -0.4 is 0 Å². The molecule has 0 saturated carbocycles. The first kappa shape index (κ1) is 25.3. The lowest BCUT2D eigenvalue weighted by molar-refractivity contribution is 0.0298. The Bertz CT molecular complexity index is 1480. The first-order chi connectivity index (χ1) is 18.4. The zero-order valence-corrected chi connectivity index (χ0v) is 22.9. The van der Waals surface area contributed by atoms with Crippen LogP contribution in [0, 0.1) is 0 Å². The fourth-order valence-corrected chi connectivity index (χ4v) is 7.52. The summed E-state index contributed by atoms with van der Waals surface area (Å²) in [6, 6.07) is 16.4. The molecule has 2 saturated heterocycles. The Kier molecular flexibility index (Phi) is 6.63. The van der Waals surface area contributed by atoms with Crippen LogP contribution in [0.2, 0.25) is 0 Å². The van der Waals surface area contributed by atoms with Gasteiger partial charge in [-0.15, -0.1) is 0 Å². The lowest BCUT2D eigenvalue weighted by Gasteiger charge is -2.26. The number of amides is 1. The third-order valence-electron chi connectivity index (χ3n) is 8.02. The maximum Gasteiger partial charge on any atom is 0.275 e. The molecule has 3 aromatic rings. The molecule has 0 aliphatic carbocycles. The van der Waals surface area contributed by atoms with Crippen LogP contribution in [0.25, 0.3) is 16.9 Å². The first-order valence-corrected chi connectivity index (χ1v) is 15.2. The van der Waals surface area contributed by atoms with Crippen molar-refractivity contribution in [3.8, 4) is 16.9 Å². The normalized spacial score (nSPS) is 24.0. The van der Waals surface area contributed by atoms with E-state index in [0.717, 1.165) is 41.4 Å². The van der Waals surface area contributed by atoms with Crippen molar-refractivity contribution in [3.05, 3.63) is 65.4 Å². The van der Waals surface area contributed by atoms with Crippen molar-refractivity contribution < 1.29 is 18.5 Å². The minimum Gasteiger partial charge on any atom is -0.380 e. The second-order valence-corrected chi connectivity index (χ2v) is 12.8. The molecule has 1 aromatic heterocycles. The number of likely N-dealkylation sites (tertiary alicyclic amines) is 1. The van der Waals surface area contributed by atoms with Gasteiger partial charge in [-0.1, -0.05) is 30.3 Å². The van der Waals surface area contributed by atoms with E-state index in [1.165, 1.54) is 5.56 Å². The summed E-state index contributed by atoms with van der Waals surface area (Å²) in [5, 5.41) is 6.62. The molecule has 0 bridgehead atoms. The van der Waals surface area contributed by atoms with Crippen LogP contribution in [0.4, 0.5) is 0 Å². The fourth-order valence-electron chi connectivity index (χ4n) is 5.77. The SMILES string of the molecule is COC1CCN(C(C)c2ccc(-n3nc(C(=O)N4CCOCC4)c4c3-c3ccccc3S(C)(=O)=C4)cc2)C1. The molecule has 9 heteroatoms. The molecule has 1 amide bonds. The number of morpholine rings is 1. The summed E-state index contributed by atoms with van der Waals surface area (Å²) in [4.78, 5) is 18.6. The van der Waals surface area contributed by atoms with Crippen LogP contribution in [0.15, 0.2) is 53.4 Å². The van der Waals surface area contributed by atoms with Crippen LogP contribution in [0.5, 0.6) is 0 Å². The van der Waals surface area contributed by atoms with Gasteiger partial charge in [-0.3, -0.25) is 13.9 Å². The van der Waals surface area contributed by atoms with E-state index in [-0.39, 0.29) is 11.9 Å². The third kappa shape index (κ3) is 4.37. The van der Waals surface area contributed by atoms with E-state index in [9.17, 15) is 9.00 Å². The highest BCUT2D eigenvalue weighted by atomic mass is 32.2. The van der Waals surface area contributed by atoms with Gasteiger partial charge in [-0.2, -0.15) is 5.10 Å². The molecule has 38 heavy (non-hydrogen) atoms. The quantitative estimate of drug-likeness (QED) is 0.468. The summed E-state index contributed by atoms with van der Waals surface area (Å²) in [5.41, 5.74) is 4.73. The van der Waals surface area contributed by atoms with Crippen LogP contribution in [-0.2, 0) is 19.0 Å². The Hall–Kier alpha value is -2.98. The number of hydrogen-bond donors (Lipinski definition) is 0. The van der Waals surface area contributed by atoms with Crippen LogP contribution in [0.1, 0.15) is 41.0 Å². The van der Waals surface area contributed by atoms with E-state index in [0.29, 0.717) is 43.7 Å². The number of rotatable bonds is 5. The smallest absolute Gasteiger partial charge is 0.275 e. The van der Waals surface area contributed by atoms with E-state index in [2.05, 4.69) is 36.1 Å². The number of hydrogen-bond acceptors (Lipinski definition) is 6. The summed E-state index contributed by atoms with van der Waals surface area (Å²) in [6.07, 6.45) is 3.08. The van der Waals surface area contributed by atoms with Gasteiger partial charge >= 0.3 is 0 Å². The average molecular weight is 535 g/mol. The van der Waals surface area contributed by atoms with Gasteiger partial charge in [0.2, 0.25) is 0 Å². The molecule has 8 nitrogen and oxygen atoms in total. The summed E-state index contributed by atoms with van der Waals surface area (Å²) in [7, 11) is -0.704. The van der Waals surface area contributed by atoms with E-state index < -0.39 is 9.52 Å². The lowest BCUT2D eigenvalue weighted by Crippen LogP contribution is -2.41. The summed E-state index contributed by atoms with van der Waals surface area (Å²) >= 11 is 0.